The molecule has 1 rings (SSSR count). The molecule has 0 spiro atoms. The highest BCUT2D eigenvalue weighted by Crippen LogP contribution is 2.27. The lowest BCUT2D eigenvalue weighted by atomic mass is 10.1. The molecule has 0 radical (unpaired) electrons. The molecule has 3 nitrogen and oxygen atoms in total. The molecule has 0 amide bonds. The summed E-state index contributed by atoms with van der Waals surface area (Å²) in [6, 6.07) is 4.27. The van der Waals surface area contributed by atoms with Gasteiger partial charge in [-0.3, -0.25) is 0 Å². The molecule has 2 atom stereocenters. The zero-order valence-electron chi connectivity index (χ0n) is 8.94. The van der Waals surface area contributed by atoms with Crippen molar-refractivity contribution < 1.29 is 8.42 Å². The van der Waals surface area contributed by atoms with E-state index < -0.39 is 21.1 Å². The molecule has 0 aliphatic heterocycles. The van der Waals surface area contributed by atoms with Crippen molar-refractivity contribution >= 4 is 33.0 Å². The average molecular weight is 282 g/mol. The standard InChI is InChI=1S/C10H13Cl2NO2S/c1-6(16(2,14)15)10(13)7-3-4-8(11)9(12)5-7/h3-6,10H,13H2,1-2H3. The molecular weight excluding hydrogens is 269 g/mol. The van der Waals surface area contributed by atoms with Crippen molar-refractivity contribution in [2.75, 3.05) is 6.26 Å². The molecule has 0 aliphatic carbocycles. The quantitative estimate of drug-likeness (QED) is 0.926. The smallest absolute Gasteiger partial charge is 0.151 e. The van der Waals surface area contributed by atoms with Crippen LogP contribution in [-0.2, 0) is 9.84 Å². The van der Waals surface area contributed by atoms with E-state index in [0.29, 0.717) is 15.6 Å². The average Bonchev–Trinajstić information content (AvgIpc) is 2.18. The fourth-order valence-electron chi connectivity index (χ4n) is 1.26. The summed E-state index contributed by atoms with van der Waals surface area (Å²) in [6.45, 7) is 1.57. The van der Waals surface area contributed by atoms with Crippen molar-refractivity contribution in [3.63, 3.8) is 0 Å². The van der Waals surface area contributed by atoms with Crippen LogP contribution in [0.4, 0.5) is 0 Å². The Kier molecular flexibility index (Phi) is 4.23. The van der Waals surface area contributed by atoms with Gasteiger partial charge in [0.05, 0.1) is 15.3 Å². The Bertz CT molecular complexity index is 488. The Morgan fingerprint density at radius 2 is 1.81 bits per heavy atom. The van der Waals surface area contributed by atoms with Gasteiger partial charge in [0.15, 0.2) is 9.84 Å². The SMILES string of the molecule is CC(C(N)c1ccc(Cl)c(Cl)c1)S(C)(=O)=O. The number of hydrogen-bond acceptors (Lipinski definition) is 3. The van der Waals surface area contributed by atoms with E-state index in [2.05, 4.69) is 0 Å². The second-order valence-electron chi connectivity index (χ2n) is 3.73. The van der Waals surface area contributed by atoms with Crippen molar-refractivity contribution in [3.8, 4) is 0 Å². The van der Waals surface area contributed by atoms with Crippen molar-refractivity contribution in [3.05, 3.63) is 33.8 Å². The lowest BCUT2D eigenvalue weighted by Crippen LogP contribution is -2.30. The van der Waals surface area contributed by atoms with E-state index in [1.807, 2.05) is 0 Å². The molecule has 1 aromatic carbocycles. The Balaban J connectivity index is 3.06. The Morgan fingerprint density at radius 1 is 1.25 bits per heavy atom. The Labute approximate surface area is 105 Å². The molecule has 0 aliphatic rings. The molecule has 0 saturated carbocycles. The van der Waals surface area contributed by atoms with E-state index in [-0.39, 0.29) is 0 Å². The summed E-state index contributed by atoms with van der Waals surface area (Å²) in [7, 11) is -3.17. The van der Waals surface area contributed by atoms with Crippen LogP contribution in [0.3, 0.4) is 0 Å². The molecule has 0 heterocycles. The first-order chi connectivity index (χ1) is 7.23. The summed E-state index contributed by atoms with van der Waals surface area (Å²) in [6.07, 6.45) is 1.16. The Morgan fingerprint density at radius 3 is 2.25 bits per heavy atom. The molecule has 0 saturated heterocycles. The van der Waals surface area contributed by atoms with Crippen LogP contribution in [0, 0.1) is 0 Å². The first kappa shape index (κ1) is 13.8. The van der Waals surface area contributed by atoms with Crippen LogP contribution in [0.25, 0.3) is 0 Å². The van der Waals surface area contributed by atoms with Crippen molar-refractivity contribution in [2.45, 2.75) is 18.2 Å². The number of benzene rings is 1. The molecule has 2 N–H and O–H groups in total. The van der Waals surface area contributed by atoms with E-state index in [9.17, 15) is 8.42 Å². The zero-order chi connectivity index (χ0) is 12.5. The maximum absolute atomic E-state index is 11.4. The highest BCUT2D eigenvalue weighted by Gasteiger charge is 2.24. The number of halogens is 2. The molecule has 1 aromatic rings. The van der Waals surface area contributed by atoms with E-state index in [4.69, 9.17) is 28.9 Å². The van der Waals surface area contributed by atoms with Crippen molar-refractivity contribution in [2.24, 2.45) is 5.73 Å². The predicted molar refractivity (Wildman–Crippen MR) is 67.7 cm³/mol. The monoisotopic (exact) mass is 281 g/mol. The molecule has 16 heavy (non-hydrogen) atoms. The highest BCUT2D eigenvalue weighted by atomic mass is 35.5. The highest BCUT2D eigenvalue weighted by molar-refractivity contribution is 7.91. The van der Waals surface area contributed by atoms with Crippen LogP contribution in [0.1, 0.15) is 18.5 Å². The van der Waals surface area contributed by atoms with E-state index >= 15 is 0 Å². The van der Waals surface area contributed by atoms with Crippen LogP contribution >= 0.6 is 23.2 Å². The lowest BCUT2D eigenvalue weighted by Gasteiger charge is -2.19. The molecule has 90 valence electrons. The number of hydrogen-bond donors (Lipinski definition) is 1. The first-order valence-electron chi connectivity index (χ1n) is 4.63. The second-order valence-corrected chi connectivity index (χ2v) is 6.95. The van der Waals surface area contributed by atoms with Gasteiger partial charge >= 0.3 is 0 Å². The van der Waals surface area contributed by atoms with Gasteiger partial charge in [-0.25, -0.2) is 8.42 Å². The number of nitrogens with two attached hydrogens (primary N) is 1. The largest absolute Gasteiger partial charge is 0.323 e. The van der Waals surface area contributed by atoms with E-state index in [0.717, 1.165) is 6.26 Å². The predicted octanol–water partition coefficient (Wildman–Crippen LogP) is 2.43. The fraction of sp³-hybridized carbons (Fsp3) is 0.400. The van der Waals surface area contributed by atoms with Crippen molar-refractivity contribution in [1.29, 1.82) is 0 Å². The summed E-state index contributed by atoms with van der Waals surface area (Å²) in [5.41, 5.74) is 6.52. The topological polar surface area (TPSA) is 60.2 Å². The molecule has 0 aromatic heterocycles. The van der Waals surface area contributed by atoms with Crippen molar-refractivity contribution in [1.82, 2.24) is 0 Å². The molecule has 0 fully saturated rings. The third kappa shape index (κ3) is 3.10. The van der Waals surface area contributed by atoms with Crippen LogP contribution < -0.4 is 5.73 Å². The van der Waals surface area contributed by atoms with Crippen LogP contribution in [0.5, 0.6) is 0 Å². The minimum atomic E-state index is -3.17. The van der Waals surface area contributed by atoms with Gasteiger partial charge < -0.3 is 5.73 Å². The third-order valence-corrected chi connectivity index (χ3v) is 4.89. The number of rotatable bonds is 3. The van der Waals surface area contributed by atoms with Gasteiger partial charge in [-0.2, -0.15) is 0 Å². The first-order valence-corrected chi connectivity index (χ1v) is 7.34. The van der Waals surface area contributed by atoms with Gasteiger partial charge in [-0.05, 0) is 24.6 Å². The zero-order valence-corrected chi connectivity index (χ0v) is 11.3. The van der Waals surface area contributed by atoms with Gasteiger partial charge in [-0.1, -0.05) is 29.3 Å². The van der Waals surface area contributed by atoms with E-state index in [1.54, 1.807) is 25.1 Å². The van der Waals surface area contributed by atoms with Crippen LogP contribution in [-0.4, -0.2) is 19.9 Å². The van der Waals surface area contributed by atoms with Crippen LogP contribution in [0.15, 0.2) is 18.2 Å². The summed E-state index contributed by atoms with van der Waals surface area (Å²) in [5.74, 6) is 0. The van der Waals surface area contributed by atoms with Crippen LogP contribution in [0.2, 0.25) is 10.0 Å². The summed E-state index contributed by atoms with van der Waals surface area (Å²) in [5, 5.41) is 0.129. The minimum absolute atomic E-state index is 0.371. The van der Waals surface area contributed by atoms with Gasteiger partial charge in [0.1, 0.15) is 0 Å². The second kappa shape index (κ2) is 4.92. The fourth-order valence-corrected chi connectivity index (χ4v) is 2.25. The lowest BCUT2D eigenvalue weighted by molar-refractivity contribution is 0.571. The Hall–Kier alpha value is -0.290. The molecule has 2 unspecified atom stereocenters. The summed E-state index contributed by atoms with van der Waals surface area (Å²) in [4.78, 5) is 0. The molecular formula is C10H13Cl2NO2S. The third-order valence-electron chi connectivity index (χ3n) is 2.51. The van der Waals surface area contributed by atoms with E-state index in [1.165, 1.54) is 0 Å². The maximum atomic E-state index is 11.4. The normalized spacial score (nSPS) is 15.8. The maximum Gasteiger partial charge on any atom is 0.151 e. The van der Waals surface area contributed by atoms with Gasteiger partial charge in [0.2, 0.25) is 0 Å². The van der Waals surface area contributed by atoms with Gasteiger partial charge in [0.25, 0.3) is 0 Å². The minimum Gasteiger partial charge on any atom is -0.323 e. The summed E-state index contributed by atoms with van der Waals surface area (Å²) >= 11 is 11.6. The van der Waals surface area contributed by atoms with Gasteiger partial charge in [0, 0.05) is 12.3 Å². The van der Waals surface area contributed by atoms with Gasteiger partial charge in [-0.15, -0.1) is 0 Å². The summed E-state index contributed by atoms with van der Waals surface area (Å²) < 4.78 is 22.7. The number of sulfone groups is 1. The molecule has 0 bridgehead atoms. The molecule has 6 heteroatoms.